The Labute approximate surface area is 152 Å². The Balaban J connectivity index is 1.70. The summed E-state index contributed by atoms with van der Waals surface area (Å²) in [5.74, 6) is 0. The number of nitrogens with zero attached hydrogens (tertiary/aromatic N) is 1. The Bertz CT molecular complexity index is 637. The van der Waals surface area contributed by atoms with E-state index in [1.54, 1.807) is 0 Å². The smallest absolute Gasteiger partial charge is 0.0400 e. The maximum atomic E-state index is 3.52. The van der Waals surface area contributed by atoms with Crippen LogP contribution in [0.5, 0.6) is 0 Å². The molecule has 134 valence electrons. The van der Waals surface area contributed by atoms with Crippen molar-refractivity contribution in [3.63, 3.8) is 0 Å². The van der Waals surface area contributed by atoms with E-state index in [2.05, 4.69) is 90.9 Å². The highest BCUT2D eigenvalue weighted by atomic mass is 15.2. The molecule has 2 aromatic carbocycles. The first-order chi connectivity index (χ1) is 12.0. The number of anilines is 1. The fourth-order valence-corrected chi connectivity index (χ4v) is 3.78. The number of hydrogen-bond donors (Lipinski definition) is 2. The molecule has 1 saturated heterocycles. The van der Waals surface area contributed by atoms with E-state index in [-0.39, 0.29) is 5.41 Å². The topological polar surface area (TPSA) is 27.3 Å². The number of hydrogen-bond acceptors (Lipinski definition) is 3. The minimum absolute atomic E-state index is 0.219. The van der Waals surface area contributed by atoms with Gasteiger partial charge in [-0.05, 0) is 28.7 Å². The predicted molar refractivity (Wildman–Crippen MR) is 107 cm³/mol. The van der Waals surface area contributed by atoms with Gasteiger partial charge in [0, 0.05) is 44.5 Å². The molecule has 1 aliphatic rings. The second kappa shape index (κ2) is 8.03. The zero-order valence-electron chi connectivity index (χ0n) is 15.8. The van der Waals surface area contributed by atoms with Crippen LogP contribution in [0.4, 0.5) is 5.69 Å². The van der Waals surface area contributed by atoms with Gasteiger partial charge in [0.15, 0.2) is 0 Å². The van der Waals surface area contributed by atoms with Crippen LogP contribution in [-0.4, -0.2) is 31.1 Å². The lowest BCUT2D eigenvalue weighted by Crippen LogP contribution is -2.48. The molecule has 0 unspecified atom stereocenters. The summed E-state index contributed by atoms with van der Waals surface area (Å²) in [6.07, 6.45) is 0. The highest BCUT2D eigenvalue weighted by Gasteiger charge is 2.32. The maximum absolute atomic E-state index is 3.52. The highest BCUT2D eigenvalue weighted by Crippen LogP contribution is 2.38. The van der Waals surface area contributed by atoms with Crippen LogP contribution < -0.4 is 10.6 Å². The minimum Gasteiger partial charge on any atom is -0.381 e. The molecule has 0 aromatic heterocycles. The van der Waals surface area contributed by atoms with Gasteiger partial charge in [-0.15, -0.1) is 0 Å². The minimum atomic E-state index is 0.219. The van der Waals surface area contributed by atoms with Gasteiger partial charge in [0.25, 0.3) is 0 Å². The van der Waals surface area contributed by atoms with Gasteiger partial charge in [-0.25, -0.2) is 0 Å². The third-order valence-electron chi connectivity index (χ3n) is 4.90. The zero-order chi connectivity index (χ0) is 17.7. The second-order valence-corrected chi connectivity index (χ2v) is 8.02. The van der Waals surface area contributed by atoms with Crippen LogP contribution in [0.1, 0.15) is 37.9 Å². The molecular weight excluding hydrogens is 306 g/mol. The van der Waals surface area contributed by atoms with Crippen molar-refractivity contribution in [2.75, 3.05) is 31.5 Å². The first kappa shape index (κ1) is 18.0. The molecule has 3 heteroatoms. The second-order valence-electron chi connectivity index (χ2n) is 8.02. The molecule has 1 aliphatic heterocycles. The van der Waals surface area contributed by atoms with Crippen LogP contribution >= 0.6 is 0 Å². The van der Waals surface area contributed by atoms with Crippen molar-refractivity contribution in [1.82, 2.24) is 10.2 Å². The molecule has 0 bridgehead atoms. The standard InChI is InChI=1S/C22H31N3/c1-22(2,3)21(25-15-13-23-14-16-25)19-9-11-20(12-10-19)24-17-18-7-5-4-6-8-18/h4-12,21,23-24H,13-17H2,1-3H3/t21-/m0/s1. The molecule has 0 saturated carbocycles. The van der Waals surface area contributed by atoms with Gasteiger partial charge in [0.05, 0.1) is 0 Å². The largest absolute Gasteiger partial charge is 0.381 e. The molecular formula is C22H31N3. The molecule has 1 atom stereocenters. The Morgan fingerprint density at radius 3 is 2.20 bits per heavy atom. The molecule has 3 rings (SSSR count). The quantitative estimate of drug-likeness (QED) is 0.852. The third-order valence-corrected chi connectivity index (χ3v) is 4.90. The van der Waals surface area contributed by atoms with Crippen LogP contribution in [0.25, 0.3) is 0 Å². The summed E-state index contributed by atoms with van der Waals surface area (Å²) in [5, 5.41) is 6.98. The van der Waals surface area contributed by atoms with Crippen molar-refractivity contribution in [3.8, 4) is 0 Å². The first-order valence-electron chi connectivity index (χ1n) is 9.36. The fraction of sp³-hybridized carbons (Fsp3) is 0.455. The van der Waals surface area contributed by atoms with E-state index in [4.69, 9.17) is 0 Å². The Kier molecular flexibility index (Phi) is 5.77. The number of piperazine rings is 1. The van der Waals surface area contributed by atoms with Gasteiger partial charge < -0.3 is 10.6 Å². The SMILES string of the molecule is CC(C)(C)[C@H](c1ccc(NCc2ccccc2)cc1)N1CCNCC1. The van der Waals surface area contributed by atoms with Crippen molar-refractivity contribution < 1.29 is 0 Å². The van der Waals surface area contributed by atoms with E-state index in [1.807, 2.05) is 0 Å². The van der Waals surface area contributed by atoms with Crippen LogP contribution in [0.2, 0.25) is 0 Å². The average Bonchev–Trinajstić information content (AvgIpc) is 2.62. The molecule has 0 aliphatic carbocycles. The summed E-state index contributed by atoms with van der Waals surface area (Å²) in [6, 6.07) is 20.0. The summed E-state index contributed by atoms with van der Waals surface area (Å²) in [4.78, 5) is 2.63. The normalized spacial score (nSPS) is 17.2. The van der Waals surface area contributed by atoms with E-state index in [9.17, 15) is 0 Å². The molecule has 25 heavy (non-hydrogen) atoms. The lowest BCUT2D eigenvalue weighted by atomic mass is 9.81. The molecule has 0 spiro atoms. The lowest BCUT2D eigenvalue weighted by Gasteiger charge is -2.42. The summed E-state index contributed by atoms with van der Waals surface area (Å²) >= 11 is 0. The number of rotatable bonds is 5. The molecule has 0 amide bonds. The summed E-state index contributed by atoms with van der Waals surface area (Å²) in [5.41, 5.74) is 4.12. The Morgan fingerprint density at radius 2 is 1.60 bits per heavy atom. The van der Waals surface area contributed by atoms with E-state index in [1.165, 1.54) is 16.8 Å². The Morgan fingerprint density at radius 1 is 0.960 bits per heavy atom. The van der Waals surface area contributed by atoms with E-state index in [0.29, 0.717) is 6.04 Å². The maximum Gasteiger partial charge on any atom is 0.0400 e. The van der Waals surface area contributed by atoms with Crippen molar-refractivity contribution in [3.05, 3.63) is 65.7 Å². The summed E-state index contributed by atoms with van der Waals surface area (Å²) in [6.45, 7) is 12.3. The van der Waals surface area contributed by atoms with E-state index < -0.39 is 0 Å². The zero-order valence-corrected chi connectivity index (χ0v) is 15.8. The number of nitrogens with one attached hydrogen (secondary N) is 2. The van der Waals surface area contributed by atoms with Gasteiger partial charge in [-0.2, -0.15) is 0 Å². The number of benzene rings is 2. The molecule has 0 radical (unpaired) electrons. The van der Waals surface area contributed by atoms with Gasteiger partial charge in [-0.1, -0.05) is 63.2 Å². The molecule has 1 heterocycles. The predicted octanol–water partition coefficient (Wildman–Crippen LogP) is 4.29. The molecule has 3 nitrogen and oxygen atoms in total. The van der Waals surface area contributed by atoms with Crippen LogP contribution in [0.3, 0.4) is 0 Å². The van der Waals surface area contributed by atoms with Crippen LogP contribution in [-0.2, 0) is 6.54 Å². The Hall–Kier alpha value is -1.84. The monoisotopic (exact) mass is 337 g/mol. The van der Waals surface area contributed by atoms with Crippen LogP contribution in [0.15, 0.2) is 54.6 Å². The van der Waals surface area contributed by atoms with Gasteiger partial charge in [-0.3, -0.25) is 4.90 Å². The van der Waals surface area contributed by atoms with Crippen LogP contribution in [0, 0.1) is 5.41 Å². The third kappa shape index (κ3) is 4.83. The highest BCUT2D eigenvalue weighted by molar-refractivity contribution is 5.46. The van der Waals surface area contributed by atoms with Crippen molar-refractivity contribution in [2.24, 2.45) is 5.41 Å². The van der Waals surface area contributed by atoms with E-state index >= 15 is 0 Å². The van der Waals surface area contributed by atoms with Crippen molar-refractivity contribution in [2.45, 2.75) is 33.4 Å². The lowest BCUT2D eigenvalue weighted by molar-refractivity contribution is 0.0862. The average molecular weight is 338 g/mol. The molecule has 2 aromatic rings. The van der Waals surface area contributed by atoms with Gasteiger partial charge in [0.2, 0.25) is 0 Å². The first-order valence-corrected chi connectivity index (χ1v) is 9.36. The van der Waals surface area contributed by atoms with Crippen molar-refractivity contribution >= 4 is 5.69 Å². The summed E-state index contributed by atoms with van der Waals surface area (Å²) in [7, 11) is 0. The van der Waals surface area contributed by atoms with Gasteiger partial charge in [0.1, 0.15) is 0 Å². The fourth-order valence-electron chi connectivity index (χ4n) is 3.78. The van der Waals surface area contributed by atoms with Crippen molar-refractivity contribution in [1.29, 1.82) is 0 Å². The molecule has 2 N–H and O–H groups in total. The van der Waals surface area contributed by atoms with E-state index in [0.717, 1.165) is 32.7 Å². The summed E-state index contributed by atoms with van der Waals surface area (Å²) < 4.78 is 0. The van der Waals surface area contributed by atoms with Gasteiger partial charge >= 0.3 is 0 Å². The molecule has 1 fully saturated rings.